The van der Waals surface area contributed by atoms with E-state index >= 15 is 0 Å². The van der Waals surface area contributed by atoms with E-state index < -0.39 is 21.8 Å². The lowest BCUT2D eigenvalue weighted by Gasteiger charge is -2.11. The fraction of sp³-hybridized carbons (Fsp3) is 0.500. The van der Waals surface area contributed by atoms with Gasteiger partial charge in [0.15, 0.2) is 0 Å². The molecule has 1 rings (SSSR count). The first-order chi connectivity index (χ1) is 7.86. The third kappa shape index (κ3) is 3.57. The lowest BCUT2D eigenvalue weighted by atomic mass is 10.2. The zero-order chi connectivity index (χ0) is 13.1. The van der Waals surface area contributed by atoms with Crippen LogP contribution >= 0.6 is 0 Å². The van der Waals surface area contributed by atoms with Crippen LogP contribution in [0.1, 0.15) is 37.2 Å². The van der Waals surface area contributed by atoms with Crippen LogP contribution < -0.4 is 4.72 Å². The van der Waals surface area contributed by atoms with E-state index in [0.29, 0.717) is 6.42 Å². The standard InChI is InChI=1S/C10H15NO5S/c1-3-4-7(2)11-17(14,15)9-6-5-8(16-9)10(12)13/h5-7,11H,3-4H2,1-2H3,(H,12,13). The molecule has 0 saturated carbocycles. The molecule has 0 aliphatic heterocycles. The van der Waals surface area contributed by atoms with Gasteiger partial charge in [0.25, 0.3) is 10.0 Å². The van der Waals surface area contributed by atoms with E-state index in [2.05, 4.69) is 4.72 Å². The van der Waals surface area contributed by atoms with Gasteiger partial charge in [0, 0.05) is 6.04 Å². The molecular formula is C10H15NO5S. The molecule has 2 N–H and O–H groups in total. The number of nitrogens with one attached hydrogen (secondary N) is 1. The first-order valence-corrected chi connectivity index (χ1v) is 6.70. The summed E-state index contributed by atoms with van der Waals surface area (Å²) in [6.45, 7) is 3.68. The molecule has 96 valence electrons. The second-order valence-electron chi connectivity index (χ2n) is 3.73. The van der Waals surface area contributed by atoms with Crippen molar-refractivity contribution in [1.82, 2.24) is 4.72 Å². The molecule has 1 aromatic heterocycles. The van der Waals surface area contributed by atoms with Crippen molar-refractivity contribution in [2.45, 2.75) is 37.8 Å². The molecule has 1 aromatic rings. The molecule has 0 aliphatic carbocycles. The molecule has 0 aromatic carbocycles. The zero-order valence-electron chi connectivity index (χ0n) is 9.63. The first-order valence-electron chi connectivity index (χ1n) is 5.22. The van der Waals surface area contributed by atoms with Crippen LogP contribution in [0.5, 0.6) is 0 Å². The summed E-state index contributed by atoms with van der Waals surface area (Å²) in [6, 6.07) is 2.02. The minimum absolute atomic E-state index is 0.219. The van der Waals surface area contributed by atoms with Crippen molar-refractivity contribution in [3.63, 3.8) is 0 Å². The highest BCUT2D eigenvalue weighted by atomic mass is 32.2. The highest BCUT2D eigenvalue weighted by molar-refractivity contribution is 7.89. The summed E-state index contributed by atoms with van der Waals surface area (Å²) < 4.78 is 30.7. The molecule has 0 fully saturated rings. The van der Waals surface area contributed by atoms with Crippen LogP contribution in [0.15, 0.2) is 21.6 Å². The van der Waals surface area contributed by atoms with E-state index in [0.717, 1.165) is 18.6 Å². The van der Waals surface area contributed by atoms with Crippen LogP contribution in [0.25, 0.3) is 0 Å². The van der Waals surface area contributed by atoms with Gasteiger partial charge in [-0.1, -0.05) is 13.3 Å². The Morgan fingerprint density at radius 2 is 2.18 bits per heavy atom. The largest absolute Gasteiger partial charge is 0.475 e. The summed E-state index contributed by atoms with van der Waals surface area (Å²) in [6.07, 6.45) is 1.55. The summed E-state index contributed by atoms with van der Waals surface area (Å²) in [5, 5.41) is 8.24. The molecule has 1 heterocycles. The molecule has 0 amide bonds. The molecule has 7 heteroatoms. The molecule has 1 unspecified atom stereocenters. The van der Waals surface area contributed by atoms with Gasteiger partial charge in [-0.2, -0.15) is 0 Å². The van der Waals surface area contributed by atoms with Crippen molar-refractivity contribution in [2.75, 3.05) is 0 Å². The lowest BCUT2D eigenvalue weighted by Crippen LogP contribution is -2.32. The average Bonchev–Trinajstić information content (AvgIpc) is 2.65. The Morgan fingerprint density at radius 1 is 1.53 bits per heavy atom. The third-order valence-electron chi connectivity index (χ3n) is 2.14. The van der Waals surface area contributed by atoms with Crippen molar-refractivity contribution < 1.29 is 22.7 Å². The minimum Gasteiger partial charge on any atom is -0.475 e. The van der Waals surface area contributed by atoms with E-state index in [4.69, 9.17) is 9.52 Å². The minimum atomic E-state index is -3.77. The molecule has 17 heavy (non-hydrogen) atoms. The van der Waals surface area contributed by atoms with Gasteiger partial charge >= 0.3 is 5.97 Å². The van der Waals surface area contributed by atoms with E-state index in [9.17, 15) is 13.2 Å². The topological polar surface area (TPSA) is 96.6 Å². The quantitative estimate of drug-likeness (QED) is 0.807. The predicted octanol–water partition coefficient (Wildman–Crippen LogP) is 1.44. The Hall–Kier alpha value is -1.34. The molecular weight excluding hydrogens is 246 g/mol. The number of aromatic carboxylic acids is 1. The van der Waals surface area contributed by atoms with Crippen LogP contribution in [0.3, 0.4) is 0 Å². The van der Waals surface area contributed by atoms with E-state index in [1.54, 1.807) is 6.92 Å². The summed E-state index contributed by atoms with van der Waals surface area (Å²) in [4.78, 5) is 10.6. The SMILES string of the molecule is CCCC(C)NS(=O)(=O)c1ccc(C(=O)O)o1. The second kappa shape index (κ2) is 5.33. The number of sulfonamides is 1. The summed E-state index contributed by atoms with van der Waals surface area (Å²) >= 11 is 0. The van der Waals surface area contributed by atoms with Crippen molar-refractivity contribution in [3.8, 4) is 0 Å². The Bertz CT molecular complexity index is 491. The Kier molecular flexibility index (Phi) is 4.30. The molecule has 0 saturated heterocycles. The molecule has 0 bridgehead atoms. The number of furan rings is 1. The van der Waals surface area contributed by atoms with Gasteiger partial charge in [-0.05, 0) is 25.5 Å². The van der Waals surface area contributed by atoms with E-state index in [-0.39, 0.29) is 11.1 Å². The van der Waals surface area contributed by atoms with Crippen LogP contribution in [-0.4, -0.2) is 25.5 Å². The number of carboxylic acids is 1. The maximum Gasteiger partial charge on any atom is 0.371 e. The Morgan fingerprint density at radius 3 is 2.65 bits per heavy atom. The molecule has 0 spiro atoms. The fourth-order valence-corrected chi connectivity index (χ4v) is 2.60. The van der Waals surface area contributed by atoms with Crippen molar-refractivity contribution in [3.05, 3.63) is 17.9 Å². The van der Waals surface area contributed by atoms with Crippen LogP contribution in [-0.2, 0) is 10.0 Å². The van der Waals surface area contributed by atoms with E-state index in [1.807, 2.05) is 6.92 Å². The molecule has 1 atom stereocenters. The fourth-order valence-electron chi connectivity index (χ4n) is 1.39. The molecule has 6 nitrogen and oxygen atoms in total. The van der Waals surface area contributed by atoms with Gasteiger partial charge in [-0.3, -0.25) is 0 Å². The highest BCUT2D eigenvalue weighted by Crippen LogP contribution is 2.14. The van der Waals surface area contributed by atoms with Crippen LogP contribution in [0, 0.1) is 0 Å². The number of hydrogen-bond acceptors (Lipinski definition) is 4. The summed E-state index contributed by atoms with van der Waals surface area (Å²) in [5.41, 5.74) is 0. The van der Waals surface area contributed by atoms with Crippen molar-refractivity contribution in [1.29, 1.82) is 0 Å². The van der Waals surface area contributed by atoms with Crippen molar-refractivity contribution in [2.24, 2.45) is 0 Å². The van der Waals surface area contributed by atoms with Gasteiger partial charge in [0.1, 0.15) is 0 Å². The maximum atomic E-state index is 11.8. The highest BCUT2D eigenvalue weighted by Gasteiger charge is 2.22. The molecule has 0 aliphatic rings. The van der Waals surface area contributed by atoms with Gasteiger partial charge in [-0.25, -0.2) is 17.9 Å². The van der Waals surface area contributed by atoms with Crippen LogP contribution in [0.4, 0.5) is 0 Å². The summed E-state index contributed by atoms with van der Waals surface area (Å²) in [7, 11) is -3.77. The van der Waals surface area contributed by atoms with E-state index in [1.165, 1.54) is 0 Å². The lowest BCUT2D eigenvalue weighted by molar-refractivity contribution is 0.0656. The summed E-state index contributed by atoms with van der Waals surface area (Å²) in [5.74, 6) is -1.69. The van der Waals surface area contributed by atoms with Crippen molar-refractivity contribution >= 4 is 16.0 Å². The number of rotatable bonds is 6. The molecule has 0 radical (unpaired) electrons. The Labute approximate surface area is 99.7 Å². The third-order valence-corrected chi connectivity index (χ3v) is 3.60. The van der Waals surface area contributed by atoms with Crippen LogP contribution in [0.2, 0.25) is 0 Å². The zero-order valence-corrected chi connectivity index (χ0v) is 10.5. The number of hydrogen-bond donors (Lipinski definition) is 2. The number of carboxylic acid groups (broad SMARTS) is 1. The smallest absolute Gasteiger partial charge is 0.371 e. The van der Waals surface area contributed by atoms with Gasteiger partial charge in [0.05, 0.1) is 0 Å². The van der Waals surface area contributed by atoms with Gasteiger partial charge < -0.3 is 9.52 Å². The Balaban J connectivity index is 2.86. The normalized spacial score (nSPS) is 13.5. The number of carbonyl (C=O) groups is 1. The maximum absolute atomic E-state index is 11.8. The van der Waals surface area contributed by atoms with Gasteiger partial charge in [-0.15, -0.1) is 0 Å². The second-order valence-corrected chi connectivity index (χ2v) is 5.38. The average molecular weight is 261 g/mol. The monoisotopic (exact) mass is 261 g/mol. The predicted molar refractivity (Wildman–Crippen MR) is 60.4 cm³/mol. The first kappa shape index (κ1) is 13.7. The van der Waals surface area contributed by atoms with Gasteiger partial charge in [0.2, 0.25) is 10.9 Å².